The first-order chi connectivity index (χ1) is 12.4. The van der Waals surface area contributed by atoms with Gasteiger partial charge in [0.15, 0.2) is 0 Å². The molecule has 12 heteroatoms. The Morgan fingerprint density at radius 3 is 2.07 bits per heavy atom. The lowest BCUT2D eigenvalue weighted by Gasteiger charge is -2.25. The van der Waals surface area contributed by atoms with Gasteiger partial charge in [-0.25, -0.2) is 14.7 Å². The molecular weight excluding hydrogens is 381 g/mol. The number of hydrogen-bond donors (Lipinski definition) is 3. The summed E-state index contributed by atoms with van der Waals surface area (Å²) in [6.07, 6.45) is -0.400. The Labute approximate surface area is 155 Å². The minimum absolute atomic E-state index is 0.0223. The summed E-state index contributed by atoms with van der Waals surface area (Å²) in [6, 6.07) is 2.33. The molecule has 3 N–H and O–H groups in total. The third kappa shape index (κ3) is 7.33. The van der Waals surface area contributed by atoms with Gasteiger partial charge in [-0.1, -0.05) is 0 Å². The second-order valence-electron chi connectivity index (χ2n) is 5.92. The van der Waals surface area contributed by atoms with Crippen molar-refractivity contribution >= 4 is 25.3 Å². The van der Waals surface area contributed by atoms with Gasteiger partial charge >= 0.3 is 19.6 Å². The number of carboxylic acid groups (broad SMARTS) is 1. The molecule has 0 heterocycles. The Bertz CT molecular complexity index is 737. The van der Waals surface area contributed by atoms with Gasteiger partial charge in [-0.05, 0) is 39.8 Å². The van der Waals surface area contributed by atoms with Crippen molar-refractivity contribution in [3.63, 3.8) is 0 Å². The average molecular weight is 403 g/mol. The second kappa shape index (κ2) is 9.45. The van der Waals surface area contributed by atoms with E-state index in [1.165, 1.54) is 26.0 Å². The van der Waals surface area contributed by atoms with Crippen molar-refractivity contribution in [3.8, 4) is 5.75 Å². The van der Waals surface area contributed by atoms with Crippen LogP contribution >= 0.6 is 7.67 Å². The van der Waals surface area contributed by atoms with Crippen LogP contribution in [0.4, 0.5) is 5.69 Å². The van der Waals surface area contributed by atoms with Crippen molar-refractivity contribution in [1.82, 2.24) is 10.2 Å². The number of nitro benzene ring substituents is 1. The second-order valence-corrected chi connectivity index (χ2v) is 7.72. The van der Waals surface area contributed by atoms with E-state index in [9.17, 15) is 24.3 Å². The number of non-ortho nitro benzene ring substituents is 1. The maximum absolute atomic E-state index is 13.1. The van der Waals surface area contributed by atoms with E-state index in [4.69, 9.17) is 14.4 Å². The van der Waals surface area contributed by atoms with Crippen molar-refractivity contribution in [3.05, 3.63) is 34.4 Å². The summed E-state index contributed by atoms with van der Waals surface area (Å²) in [5.74, 6) is -2.02. The number of nitrogens with zero attached hydrogens (tertiary/aromatic N) is 1. The molecule has 0 spiro atoms. The highest BCUT2D eigenvalue weighted by Crippen LogP contribution is 2.40. The van der Waals surface area contributed by atoms with Crippen molar-refractivity contribution in [2.24, 2.45) is 0 Å². The minimum atomic E-state index is -4.10. The van der Waals surface area contributed by atoms with Crippen LogP contribution in [-0.4, -0.2) is 40.2 Å². The van der Waals surface area contributed by atoms with E-state index >= 15 is 0 Å². The van der Waals surface area contributed by atoms with E-state index in [0.717, 1.165) is 12.1 Å². The van der Waals surface area contributed by atoms with Gasteiger partial charge in [0.2, 0.25) is 0 Å². The number of rotatable bonds is 10. The van der Waals surface area contributed by atoms with Gasteiger partial charge in [0.05, 0.1) is 11.0 Å². The number of esters is 1. The lowest BCUT2D eigenvalue weighted by molar-refractivity contribution is -0.384. The van der Waals surface area contributed by atoms with E-state index in [-0.39, 0.29) is 11.4 Å². The van der Waals surface area contributed by atoms with Crippen LogP contribution in [0.5, 0.6) is 5.75 Å². The SMILES string of the molecule is CC(C)OC(=O)C(C)NP(=O)(NC(C)C(=O)O)Oc1ccc([N+](=O)[O-])cc1. The molecule has 0 aliphatic heterocycles. The molecule has 0 aliphatic rings. The predicted molar refractivity (Wildman–Crippen MR) is 95.4 cm³/mol. The molecule has 0 fully saturated rings. The molecule has 0 bridgehead atoms. The van der Waals surface area contributed by atoms with Crippen molar-refractivity contribution in [1.29, 1.82) is 0 Å². The Kier molecular flexibility index (Phi) is 7.89. The first-order valence-electron chi connectivity index (χ1n) is 7.96. The Hall–Kier alpha value is -2.49. The molecule has 0 saturated carbocycles. The minimum Gasteiger partial charge on any atom is -0.480 e. The smallest absolute Gasteiger partial charge is 0.391 e. The number of carbonyl (C=O) groups is 2. The van der Waals surface area contributed by atoms with Crippen molar-refractivity contribution in [2.45, 2.75) is 45.9 Å². The van der Waals surface area contributed by atoms with Crippen LogP contribution in [0, 0.1) is 10.1 Å². The lowest BCUT2D eigenvalue weighted by atomic mass is 10.3. The normalized spacial score (nSPS) is 15.4. The molecule has 3 unspecified atom stereocenters. The van der Waals surface area contributed by atoms with Crippen LogP contribution in [0.2, 0.25) is 0 Å². The monoisotopic (exact) mass is 403 g/mol. The Morgan fingerprint density at radius 2 is 1.63 bits per heavy atom. The number of hydrogen-bond acceptors (Lipinski definition) is 7. The van der Waals surface area contributed by atoms with Gasteiger partial charge in [0, 0.05) is 12.1 Å². The summed E-state index contributed by atoms with van der Waals surface area (Å²) in [4.78, 5) is 33.1. The molecule has 27 heavy (non-hydrogen) atoms. The van der Waals surface area contributed by atoms with E-state index in [0.29, 0.717) is 0 Å². The van der Waals surface area contributed by atoms with E-state index in [2.05, 4.69) is 10.2 Å². The Morgan fingerprint density at radius 1 is 1.11 bits per heavy atom. The molecule has 0 saturated heterocycles. The maximum atomic E-state index is 13.1. The highest BCUT2D eigenvalue weighted by Gasteiger charge is 2.34. The van der Waals surface area contributed by atoms with Gasteiger partial charge in [0.1, 0.15) is 17.8 Å². The number of aliphatic carboxylic acids is 1. The molecular formula is C15H22N3O8P. The highest BCUT2D eigenvalue weighted by atomic mass is 31.2. The molecule has 150 valence electrons. The maximum Gasteiger partial charge on any atom is 0.391 e. The molecule has 1 rings (SSSR count). The first kappa shape index (κ1) is 22.6. The van der Waals surface area contributed by atoms with Crippen molar-refractivity contribution in [2.75, 3.05) is 0 Å². The number of carboxylic acids is 1. The fourth-order valence-corrected chi connectivity index (χ4v) is 3.65. The highest BCUT2D eigenvalue weighted by molar-refractivity contribution is 7.55. The molecule has 3 atom stereocenters. The van der Waals surface area contributed by atoms with Crippen LogP contribution < -0.4 is 14.7 Å². The van der Waals surface area contributed by atoms with Crippen LogP contribution in [0.3, 0.4) is 0 Å². The fourth-order valence-electron chi connectivity index (χ4n) is 1.82. The van der Waals surface area contributed by atoms with Gasteiger partial charge in [-0.3, -0.25) is 19.7 Å². The predicted octanol–water partition coefficient (Wildman–Crippen LogP) is 2.07. The molecule has 0 aliphatic carbocycles. The molecule has 0 radical (unpaired) electrons. The van der Waals surface area contributed by atoms with Crippen LogP contribution in [0.25, 0.3) is 0 Å². The average Bonchev–Trinajstić information content (AvgIpc) is 2.54. The van der Waals surface area contributed by atoms with Crippen LogP contribution in [0.1, 0.15) is 27.7 Å². The molecule has 0 aromatic heterocycles. The van der Waals surface area contributed by atoms with E-state index in [1.54, 1.807) is 13.8 Å². The fraction of sp³-hybridized carbons (Fsp3) is 0.467. The van der Waals surface area contributed by atoms with Gasteiger partial charge in [-0.15, -0.1) is 0 Å². The molecule has 0 amide bonds. The number of carbonyl (C=O) groups excluding carboxylic acids is 1. The van der Waals surface area contributed by atoms with Gasteiger partial charge in [-0.2, -0.15) is 0 Å². The number of nitro groups is 1. The summed E-state index contributed by atoms with van der Waals surface area (Å²) >= 11 is 0. The summed E-state index contributed by atoms with van der Waals surface area (Å²) < 4.78 is 23.4. The van der Waals surface area contributed by atoms with Crippen molar-refractivity contribution < 1.29 is 33.4 Å². The topological polar surface area (TPSA) is 157 Å². The zero-order valence-corrected chi connectivity index (χ0v) is 16.1. The summed E-state index contributed by atoms with van der Waals surface area (Å²) in [6.45, 7) is 5.90. The summed E-state index contributed by atoms with van der Waals surface area (Å²) in [5, 5.41) is 24.5. The third-order valence-electron chi connectivity index (χ3n) is 3.08. The third-order valence-corrected chi connectivity index (χ3v) is 5.01. The first-order valence-corrected chi connectivity index (χ1v) is 9.59. The molecule has 1 aromatic carbocycles. The number of ether oxygens (including phenoxy) is 1. The van der Waals surface area contributed by atoms with Gasteiger partial charge < -0.3 is 14.4 Å². The van der Waals surface area contributed by atoms with E-state index in [1.807, 2.05) is 0 Å². The summed E-state index contributed by atoms with van der Waals surface area (Å²) in [5.41, 5.74) is -0.203. The number of nitrogens with one attached hydrogen (secondary N) is 2. The van der Waals surface area contributed by atoms with Gasteiger partial charge in [0.25, 0.3) is 5.69 Å². The Balaban J connectivity index is 3.03. The zero-order chi connectivity index (χ0) is 20.8. The summed E-state index contributed by atoms with van der Waals surface area (Å²) in [7, 11) is -4.10. The van der Waals surface area contributed by atoms with Crippen LogP contribution in [-0.2, 0) is 18.9 Å². The lowest BCUT2D eigenvalue weighted by Crippen LogP contribution is -2.43. The van der Waals surface area contributed by atoms with Crippen LogP contribution in [0.15, 0.2) is 24.3 Å². The standard InChI is InChI=1S/C15H22N3O8P/c1-9(2)25-15(21)11(4)17-27(24,16-10(3)14(19)20)26-13-7-5-12(6-8-13)18(22)23/h5-11H,1-4H3,(H,19,20)(H2,16,17,24). The zero-order valence-electron chi connectivity index (χ0n) is 15.2. The largest absolute Gasteiger partial charge is 0.480 e. The quantitative estimate of drug-likeness (QED) is 0.229. The molecule has 1 aromatic rings. The number of benzene rings is 1. The van der Waals surface area contributed by atoms with E-state index < -0.39 is 42.7 Å². The molecule has 11 nitrogen and oxygen atoms in total.